The standard InChI is InChI=1S/C31H35F8N7O3/c1-15-12-42-26-20-25(44-28(45-26)48-14-29(4-5-29)13-46-7-9-47-10-8-46)23(33)24(43-27(20)49-19(3-6-41-15)30(34,35)36)17-11-18(40)22(32)16(2)21(17)31(37,38)39/h11,15,19,41H,3-10,12-14,40H2,1-2H3,(H,42,44,45)/t15?,19-/m1/s1. The lowest BCUT2D eigenvalue weighted by atomic mass is 9.96. The number of benzene rings is 1. The molecule has 1 aromatic carbocycles. The minimum absolute atomic E-state index is 0.0952. The first-order valence-electron chi connectivity index (χ1n) is 15.8. The molecule has 0 radical (unpaired) electrons. The Hall–Kier alpha value is -3.77. The van der Waals surface area contributed by atoms with E-state index in [0.717, 1.165) is 32.9 Å². The molecular weight excluding hydrogens is 670 g/mol. The number of morpholine rings is 1. The lowest BCUT2D eigenvalue weighted by Crippen LogP contribution is -2.41. The van der Waals surface area contributed by atoms with Gasteiger partial charge in [0.25, 0.3) is 0 Å². The molecule has 2 aromatic heterocycles. The third kappa shape index (κ3) is 7.40. The van der Waals surface area contributed by atoms with Gasteiger partial charge in [-0.15, -0.1) is 0 Å². The molecular formula is C31H35F8N7O3. The SMILES string of the molecule is Cc1c(F)c(N)cc(-c2nc3c4c(nc(OCC5(CN6CCOCC6)CC5)nc4c2F)NCC(C)NCC[C@H](C(F)(F)F)O3)c1C(F)(F)F. The van der Waals surface area contributed by atoms with E-state index < -0.39 is 87.4 Å². The summed E-state index contributed by atoms with van der Waals surface area (Å²) >= 11 is 0. The number of pyridine rings is 1. The fourth-order valence-electron chi connectivity index (χ4n) is 6.13. The number of nitrogen functional groups attached to an aromatic ring is 1. The normalized spacial score (nSPS) is 21.8. The number of halogens is 8. The highest BCUT2D eigenvalue weighted by Gasteiger charge is 2.46. The third-order valence-corrected chi connectivity index (χ3v) is 9.02. The lowest BCUT2D eigenvalue weighted by Gasteiger charge is -2.30. The van der Waals surface area contributed by atoms with Gasteiger partial charge in [0, 0.05) is 49.6 Å². The van der Waals surface area contributed by atoms with Gasteiger partial charge in [-0.1, -0.05) is 0 Å². The van der Waals surface area contributed by atoms with Gasteiger partial charge >= 0.3 is 18.4 Å². The van der Waals surface area contributed by atoms with Crippen LogP contribution in [0.2, 0.25) is 0 Å². The average Bonchev–Trinajstić information content (AvgIpc) is 3.80. The van der Waals surface area contributed by atoms with Gasteiger partial charge in [0.1, 0.15) is 28.2 Å². The van der Waals surface area contributed by atoms with E-state index in [4.69, 9.17) is 19.9 Å². The highest BCUT2D eigenvalue weighted by molar-refractivity contribution is 5.96. The smallest absolute Gasteiger partial charge is 0.425 e. The van der Waals surface area contributed by atoms with Crippen LogP contribution in [-0.2, 0) is 10.9 Å². The summed E-state index contributed by atoms with van der Waals surface area (Å²) in [6.45, 7) is 5.94. The summed E-state index contributed by atoms with van der Waals surface area (Å²) in [5, 5.41) is 5.46. The van der Waals surface area contributed by atoms with Gasteiger partial charge < -0.3 is 30.6 Å². The van der Waals surface area contributed by atoms with Crippen molar-refractivity contribution in [3.8, 4) is 23.1 Å². The summed E-state index contributed by atoms with van der Waals surface area (Å²) in [4.78, 5) is 14.6. The van der Waals surface area contributed by atoms with Crippen LogP contribution < -0.4 is 25.8 Å². The molecule has 4 heterocycles. The van der Waals surface area contributed by atoms with E-state index in [1.165, 1.54) is 0 Å². The van der Waals surface area contributed by atoms with E-state index in [0.29, 0.717) is 25.8 Å². The average molecular weight is 706 g/mol. The number of nitrogens with zero attached hydrogens (tertiary/aromatic N) is 4. The fourth-order valence-corrected chi connectivity index (χ4v) is 6.13. The van der Waals surface area contributed by atoms with Crippen LogP contribution in [0.1, 0.15) is 37.3 Å². The molecule has 268 valence electrons. The number of alkyl halides is 6. The van der Waals surface area contributed by atoms with Gasteiger partial charge in [0.05, 0.1) is 31.1 Å². The van der Waals surface area contributed by atoms with Crippen molar-refractivity contribution in [1.29, 1.82) is 0 Å². The number of rotatable bonds is 6. The molecule has 0 amide bonds. The number of nitrogens with two attached hydrogens (primary N) is 1. The molecule has 1 saturated heterocycles. The quantitative estimate of drug-likeness (QED) is 0.225. The van der Waals surface area contributed by atoms with Crippen LogP contribution in [0.5, 0.6) is 11.9 Å². The van der Waals surface area contributed by atoms with E-state index in [9.17, 15) is 30.7 Å². The van der Waals surface area contributed by atoms with Gasteiger partial charge in [-0.2, -0.15) is 36.3 Å². The number of aromatic nitrogens is 3. The Balaban J connectivity index is 1.52. The molecule has 3 aromatic rings. The Bertz CT molecular complexity index is 1710. The molecule has 3 aliphatic rings. The predicted molar refractivity (Wildman–Crippen MR) is 162 cm³/mol. The van der Waals surface area contributed by atoms with Crippen molar-refractivity contribution in [2.24, 2.45) is 5.41 Å². The van der Waals surface area contributed by atoms with Crippen molar-refractivity contribution >= 4 is 22.4 Å². The molecule has 0 bridgehead atoms. The second-order valence-electron chi connectivity index (χ2n) is 12.8. The number of ether oxygens (including phenoxy) is 3. The number of hydrogen-bond acceptors (Lipinski definition) is 10. The van der Waals surface area contributed by atoms with Gasteiger partial charge in [-0.05, 0) is 44.9 Å². The summed E-state index contributed by atoms with van der Waals surface area (Å²) in [5.74, 6) is -3.92. The monoisotopic (exact) mass is 705 g/mol. The Morgan fingerprint density at radius 1 is 1.06 bits per heavy atom. The Morgan fingerprint density at radius 3 is 2.43 bits per heavy atom. The molecule has 2 fully saturated rings. The molecule has 4 N–H and O–H groups in total. The van der Waals surface area contributed by atoms with Crippen LogP contribution in [0, 0.1) is 24.0 Å². The molecule has 1 saturated carbocycles. The lowest BCUT2D eigenvalue weighted by molar-refractivity contribution is -0.196. The maximum atomic E-state index is 16.6. The predicted octanol–water partition coefficient (Wildman–Crippen LogP) is 5.47. The van der Waals surface area contributed by atoms with Gasteiger partial charge in [0.2, 0.25) is 5.88 Å². The van der Waals surface area contributed by atoms with Crippen LogP contribution in [0.3, 0.4) is 0 Å². The zero-order valence-electron chi connectivity index (χ0n) is 26.6. The summed E-state index contributed by atoms with van der Waals surface area (Å²) in [7, 11) is 0. The maximum Gasteiger partial charge on any atom is 0.425 e. The zero-order chi connectivity index (χ0) is 35.3. The first kappa shape index (κ1) is 35.1. The summed E-state index contributed by atoms with van der Waals surface area (Å²) in [6.07, 6.45) is -11.6. The molecule has 2 atom stereocenters. The van der Waals surface area contributed by atoms with Crippen LogP contribution in [0.4, 0.5) is 46.6 Å². The van der Waals surface area contributed by atoms with Crippen molar-refractivity contribution in [2.75, 3.05) is 63.6 Å². The first-order chi connectivity index (χ1) is 23.1. The Labute approximate surface area is 275 Å². The van der Waals surface area contributed by atoms with Gasteiger partial charge in [0.15, 0.2) is 11.9 Å². The second kappa shape index (κ2) is 13.2. The third-order valence-electron chi connectivity index (χ3n) is 9.02. The van der Waals surface area contributed by atoms with E-state index in [1.54, 1.807) is 6.92 Å². The minimum Gasteiger partial charge on any atom is -0.464 e. The number of nitrogens with one attached hydrogen (secondary N) is 2. The summed E-state index contributed by atoms with van der Waals surface area (Å²) < 4.78 is 134. The fraction of sp³-hybridized carbons (Fsp3) is 0.581. The molecule has 49 heavy (non-hydrogen) atoms. The highest BCUT2D eigenvalue weighted by atomic mass is 19.4. The van der Waals surface area contributed by atoms with Crippen LogP contribution in [-0.4, -0.2) is 90.7 Å². The molecule has 10 nitrogen and oxygen atoms in total. The van der Waals surface area contributed by atoms with Crippen molar-refractivity contribution in [1.82, 2.24) is 25.2 Å². The minimum atomic E-state index is -5.24. The first-order valence-corrected chi connectivity index (χ1v) is 15.8. The van der Waals surface area contributed by atoms with Crippen molar-refractivity contribution in [3.05, 3.63) is 28.8 Å². The topological polar surface area (TPSA) is 120 Å². The van der Waals surface area contributed by atoms with Gasteiger partial charge in [-0.3, -0.25) is 4.90 Å². The molecule has 2 aliphatic heterocycles. The summed E-state index contributed by atoms with van der Waals surface area (Å²) in [6, 6.07) is -0.225. The number of anilines is 2. The van der Waals surface area contributed by atoms with Crippen LogP contribution in [0.25, 0.3) is 22.2 Å². The van der Waals surface area contributed by atoms with E-state index in [-0.39, 0.29) is 36.9 Å². The summed E-state index contributed by atoms with van der Waals surface area (Å²) in [5.41, 5.74) is -0.703. The largest absolute Gasteiger partial charge is 0.464 e. The number of hydrogen-bond donors (Lipinski definition) is 3. The Kier molecular flexibility index (Phi) is 9.42. The van der Waals surface area contributed by atoms with Crippen molar-refractivity contribution in [3.63, 3.8) is 0 Å². The molecule has 0 spiro atoms. The molecule has 1 aliphatic carbocycles. The highest BCUT2D eigenvalue weighted by Crippen LogP contribution is 2.48. The second-order valence-corrected chi connectivity index (χ2v) is 12.8. The van der Waals surface area contributed by atoms with Crippen LogP contribution >= 0.6 is 0 Å². The van der Waals surface area contributed by atoms with Crippen molar-refractivity contribution in [2.45, 2.75) is 57.6 Å². The van der Waals surface area contributed by atoms with E-state index in [2.05, 4.69) is 30.5 Å². The molecule has 6 rings (SSSR count). The van der Waals surface area contributed by atoms with Crippen LogP contribution in [0.15, 0.2) is 6.07 Å². The maximum absolute atomic E-state index is 16.6. The van der Waals surface area contributed by atoms with E-state index >= 15 is 4.39 Å². The van der Waals surface area contributed by atoms with E-state index in [1.807, 2.05) is 0 Å². The van der Waals surface area contributed by atoms with Crippen molar-refractivity contribution < 1.29 is 49.3 Å². The zero-order valence-corrected chi connectivity index (χ0v) is 26.6. The molecule has 1 unspecified atom stereocenters. The molecule has 18 heteroatoms. The van der Waals surface area contributed by atoms with Gasteiger partial charge in [-0.25, -0.2) is 13.8 Å². The Morgan fingerprint density at radius 2 is 1.78 bits per heavy atom.